The number of hydrogen-bond donors (Lipinski definition) is 1. The molecule has 0 heterocycles. The predicted molar refractivity (Wildman–Crippen MR) is 84.3 cm³/mol. The lowest BCUT2D eigenvalue weighted by atomic mass is 10.1. The SMILES string of the molecule is CCCN(CC(NCC)c1cccc(OC)c1)C1CC1. The topological polar surface area (TPSA) is 24.5 Å². The van der Waals surface area contributed by atoms with Gasteiger partial charge >= 0.3 is 0 Å². The third-order valence-corrected chi connectivity index (χ3v) is 3.94. The van der Waals surface area contributed by atoms with E-state index in [0.717, 1.165) is 24.9 Å². The molecule has 1 aromatic carbocycles. The van der Waals surface area contributed by atoms with Crippen LogP contribution in [-0.2, 0) is 0 Å². The van der Waals surface area contributed by atoms with Crippen molar-refractivity contribution in [2.45, 2.75) is 45.2 Å². The van der Waals surface area contributed by atoms with Crippen molar-refractivity contribution in [3.8, 4) is 5.75 Å². The van der Waals surface area contributed by atoms with Crippen LogP contribution in [0.4, 0.5) is 0 Å². The summed E-state index contributed by atoms with van der Waals surface area (Å²) in [5.74, 6) is 0.943. The van der Waals surface area contributed by atoms with E-state index in [9.17, 15) is 0 Å². The highest BCUT2D eigenvalue weighted by molar-refractivity contribution is 5.30. The van der Waals surface area contributed by atoms with Gasteiger partial charge < -0.3 is 10.1 Å². The van der Waals surface area contributed by atoms with Crippen molar-refractivity contribution in [2.24, 2.45) is 0 Å². The standard InChI is InChI=1S/C17H28N2O/c1-4-11-19(15-9-10-15)13-17(18-5-2)14-7-6-8-16(12-14)20-3/h6-8,12,15,17-18H,4-5,9-11,13H2,1-3H3. The summed E-state index contributed by atoms with van der Waals surface area (Å²) in [6, 6.07) is 9.66. The fraction of sp³-hybridized carbons (Fsp3) is 0.647. The van der Waals surface area contributed by atoms with Crippen LogP contribution in [-0.4, -0.2) is 37.7 Å². The first-order valence-corrected chi connectivity index (χ1v) is 7.89. The predicted octanol–water partition coefficient (Wildman–Crippen LogP) is 3.22. The van der Waals surface area contributed by atoms with Gasteiger partial charge in [-0.05, 0) is 50.0 Å². The molecular formula is C17H28N2O. The molecule has 0 amide bonds. The zero-order valence-corrected chi connectivity index (χ0v) is 13.1. The minimum atomic E-state index is 0.391. The molecule has 1 N–H and O–H groups in total. The van der Waals surface area contributed by atoms with Crippen molar-refractivity contribution in [1.82, 2.24) is 10.2 Å². The van der Waals surface area contributed by atoms with Gasteiger partial charge in [-0.3, -0.25) is 4.90 Å². The van der Waals surface area contributed by atoms with Crippen LogP contribution < -0.4 is 10.1 Å². The number of ether oxygens (including phenoxy) is 1. The second-order valence-corrected chi connectivity index (χ2v) is 5.61. The Bertz CT molecular complexity index is 404. The van der Waals surface area contributed by atoms with E-state index in [1.807, 2.05) is 6.07 Å². The number of likely N-dealkylation sites (N-methyl/N-ethyl adjacent to an activating group) is 1. The Labute approximate surface area is 123 Å². The molecule has 1 aliphatic rings. The molecule has 3 heteroatoms. The van der Waals surface area contributed by atoms with Crippen LogP contribution in [0.5, 0.6) is 5.75 Å². The molecule has 0 radical (unpaired) electrons. The molecule has 1 aromatic rings. The number of benzene rings is 1. The van der Waals surface area contributed by atoms with Crippen LogP contribution in [0.1, 0.15) is 44.7 Å². The van der Waals surface area contributed by atoms with E-state index < -0.39 is 0 Å². The van der Waals surface area contributed by atoms with Gasteiger partial charge in [-0.1, -0.05) is 26.0 Å². The Morgan fingerprint density at radius 3 is 2.75 bits per heavy atom. The van der Waals surface area contributed by atoms with Crippen LogP contribution in [0, 0.1) is 0 Å². The fourth-order valence-electron chi connectivity index (χ4n) is 2.78. The number of nitrogens with zero attached hydrogens (tertiary/aromatic N) is 1. The van der Waals surface area contributed by atoms with Gasteiger partial charge in [0.05, 0.1) is 7.11 Å². The first kappa shape index (κ1) is 15.3. The molecular weight excluding hydrogens is 248 g/mol. The summed E-state index contributed by atoms with van der Waals surface area (Å²) in [6.45, 7) is 7.74. The Hall–Kier alpha value is -1.06. The van der Waals surface area contributed by atoms with Gasteiger partial charge in [0.1, 0.15) is 5.75 Å². The van der Waals surface area contributed by atoms with Crippen molar-refractivity contribution in [2.75, 3.05) is 26.7 Å². The van der Waals surface area contributed by atoms with E-state index >= 15 is 0 Å². The highest BCUT2D eigenvalue weighted by Gasteiger charge is 2.30. The van der Waals surface area contributed by atoms with Crippen molar-refractivity contribution >= 4 is 0 Å². The van der Waals surface area contributed by atoms with Gasteiger partial charge in [0.2, 0.25) is 0 Å². The second kappa shape index (κ2) is 7.65. The molecule has 20 heavy (non-hydrogen) atoms. The maximum Gasteiger partial charge on any atom is 0.119 e. The van der Waals surface area contributed by atoms with Crippen molar-refractivity contribution < 1.29 is 4.74 Å². The van der Waals surface area contributed by atoms with E-state index in [2.05, 4.69) is 42.3 Å². The summed E-state index contributed by atoms with van der Waals surface area (Å²) in [4.78, 5) is 2.65. The summed E-state index contributed by atoms with van der Waals surface area (Å²) in [6.07, 6.45) is 3.97. The molecule has 0 bridgehead atoms. The maximum atomic E-state index is 5.35. The van der Waals surface area contributed by atoms with E-state index in [1.54, 1.807) is 7.11 Å². The summed E-state index contributed by atoms with van der Waals surface area (Å²) in [7, 11) is 1.73. The highest BCUT2D eigenvalue weighted by Crippen LogP contribution is 2.29. The molecule has 0 spiro atoms. The average Bonchev–Trinajstić information content (AvgIpc) is 3.31. The molecule has 2 rings (SSSR count). The Kier molecular flexibility index (Phi) is 5.86. The van der Waals surface area contributed by atoms with E-state index in [4.69, 9.17) is 4.74 Å². The molecule has 1 fully saturated rings. The first-order chi connectivity index (χ1) is 9.78. The monoisotopic (exact) mass is 276 g/mol. The minimum Gasteiger partial charge on any atom is -0.497 e. The molecule has 1 saturated carbocycles. The van der Waals surface area contributed by atoms with E-state index in [-0.39, 0.29) is 0 Å². The number of methoxy groups -OCH3 is 1. The molecule has 0 saturated heterocycles. The van der Waals surface area contributed by atoms with Gasteiger partial charge in [0.25, 0.3) is 0 Å². The molecule has 1 unspecified atom stereocenters. The lowest BCUT2D eigenvalue weighted by Crippen LogP contribution is -2.37. The molecule has 112 valence electrons. The third kappa shape index (κ3) is 4.22. The Morgan fingerprint density at radius 2 is 2.15 bits per heavy atom. The van der Waals surface area contributed by atoms with E-state index in [1.165, 1.54) is 31.4 Å². The summed E-state index contributed by atoms with van der Waals surface area (Å²) in [5.41, 5.74) is 1.33. The smallest absolute Gasteiger partial charge is 0.119 e. The van der Waals surface area contributed by atoms with Crippen LogP contribution in [0.3, 0.4) is 0 Å². The molecule has 0 aromatic heterocycles. The summed E-state index contributed by atoms with van der Waals surface area (Å²) >= 11 is 0. The normalized spacial score (nSPS) is 16.4. The van der Waals surface area contributed by atoms with Gasteiger partial charge in [-0.25, -0.2) is 0 Å². The lowest BCUT2D eigenvalue weighted by Gasteiger charge is -2.28. The molecule has 3 nitrogen and oxygen atoms in total. The average molecular weight is 276 g/mol. The van der Waals surface area contributed by atoms with Crippen LogP contribution in [0.2, 0.25) is 0 Å². The third-order valence-electron chi connectivity index (χ3n) is 3.94. The first-order valence-electron chi connectivity index (χ1n) is 7.89. The molecule has 1 aliphatic carbocycles. The highest BCUT2D eigenvalue weighted by atomic mass is 16.5. The van der Waals surface area contributed by atoms with Crippen LogP contribution in [0.25, 0.3) is 0 Å². The molecule has 1 atom stereocenters. The maximum absolute atomic E-state index is 5.35. The van der Waals surface area contributed by atoms with E-state index in [0.29, 0.717) is 6.04 Å². The number of rotatable bonds is 9. The quantitative estimate of drug-likeness (QED) is 0.749. The van der Waals surface area contributed by atoms with Gasteiger partial charge in [-0.2, -0.15) is 0 Å². The Morgan fingerprint density at radius 1 is 1.35 bits per heavy atom. The number of nitrogens with one attached hydrogen (secondary N) is 1. The zero-order valence-electron chi connectivity index (χ0n) is 13.1. The largest absolute Gasteiger partial charge is 0.497 e. The zero-order chi connectivity index (χ0) is 14.4. The van der Waals surface area contributed by atoms with Gasteiger partial charge in [0.15, 0.2) is 0 Å². The van der Waals surface area contributed by atoms with Crippen LogP contribution in [0.15, 0.2) is 24.3 Å². The van der Waals surface area contributed by atoms with Crippen molar-refractivity contribution in [3.05, 3.63) is 29.8 Å². The fourth-order valence-corrected chi connectivity index (χ4v) is 2.78. The minimum absolute atomic E-state index is 0.391. The van der Waals surface area contributed by atoms with Crippen molar-refractivity contribution in [1.29, 1.82) is 0 Å². The van der Waals surface area contributed by atoms with Gasteiger partial charge in [-0.15, -0.1) is 0 Å². The molecule has 0 aliphatic heterocycles. The van der Waals surface area contributed by atoms with Crippen molar-refractivity contribution in [3.63, 3.8) is 0 Å². The Balaban J connectivity index is 2.07. The number of hydrogen-bond acceptors (Lipinski definition) is 3. The summed E-state index contributed by atoms with van der Waals surface area (Å²) < 4.78 is 5.35. The van der Waals surface area contributed by atoms with Crippen LogP contribution >= 0.6 is 0 Å². The van der Waals surface area contributed by atoms with Gasteiger partial charge in [0, 0.05) is 18.6 Å². The summed E-state index contributed by atoms with van der Waals surface area (Å²) in [5, 5.41) is 3.62. The second-order valence-electron chi connectivity index (χ2n) is 5.61. The lowest BCUT2D eigenvalue weighted by molar-refractivity contribution is 0.234.